The first-order chi connectivity index (χ1) is 5.66. The van der Waals surface area contributed by atoms with Crippen molar-refractivity contribution in [2.45, 2.75) is 6.92 Å². The molecule has 0 atom stereocenters. The average Bonchev–Trinajstić information content (AvgIpc) is 2.32. The second-order valence-electron chi connectivity index (χ2n) is 2.49. The van der Waals surface area contributed by atoms with Crippen LogP contribution >= 0.6 is 0 Å². The Hall–Kier alpha value is -1.16. The standard InChI is InChI=1S/C8H10FNO2/c1-5-8(6(9)3-10-5)7(11)4-12-2/h3,10H,4H2,1-2H3. The molecule has 0 aliphatic rings. The van der Waals surface area contributed by atoms with Gasteiger partial charge in [-0.3, -0.25) is 4.79 Å². The Morgan fingerprint density at radius 1 is 1.75 bits per heavy atom. The maximum atomic E-state index is 12.9. The highest BCUT2D eigenvalue weighted by Gasteiger charge is 2.15. The molecule has 4 heteroatoms. The molecule has 0 amide bonds. The highest BCUT2D eigenvalue weighted by molar-refractivity contribution is 5.98. The van der Waals surface area contributed by atoms with E-state index < -0.39 is 5.82 Å². The number of carbonyl (C=O) groups is 1. The molecule has 1 N–H and O–H groups in total. The summed E-state index contributed by atoms with van der Waals surface area (Å²) in [4.78, 5) is 13.8. The summed E-state index contributed by atoms with van der Waals surface area (Å²) in [6.45, 7) is 1.56. The number of aromatic nitrogens is 1. The highest BCUT2D eigenvalue weighted by atomic mass is 19.1. The van der Waals surface area contributed by atoms with Crippen LogP contribution in [0.1, 0.15) is 16.1 Å². The number of aryl methyl sites for hydroxylation is 1. The van der Waals surface area contributed by atoms with Crippen molar-refractivity contribution in [1.29, 1.82) is 0 Å². The first-order valence-electron chi connectivity index (χ1n) is 3.52. The first-order valence-corrected chi connectivity index (χ1v) is 3.52. The van der Waals surface area contributed by atoms with Crippen molar-refractivity contribution >= 4 is 5.78 Å². The Balaban J connectivity index is 2.93. The number of halogens is 1. The lowest BCUT2D eigenvalue weighted by molar-refractivity contribution is 0.0843. The van der Waals surface area contributed by atoms with Gasteiger partial charge in [-0.15, -0.1) is 0 Å². The number of rotatable bonds is 3. The topological polar surface area (TPSA) is 42.1 Å². The third-order valence-electron chi connectivity index (χ3n) is 1.58. The average molecular weight is 171 g/mol. The summed E-state index contributed by atoms with van der Waals surface area (Å²) in [5.41, 5.74) is 0.631. The number of hydrogen-bond donors (Lipinski definition) is 1. The van der Waals surface area contributed by atoms with Crippen molar-refractivity contribution in [3.8, 4) is 0 Å². The minimum Gasteiger partial charge on any atom is -0.377 e. The van der Waals surface area contributed by atoms with Gasteiger partial charge in [0.05, 0.1) is 5.56 Å². The first kappa shape index (κ1) is 8.93. The van der Waals surface area contributed by atoms with Crippen LogP contribution in [0.25, 0.3) is 0 Å². The fourth-order valence-electron chi connectivity index (χ4n) is 1.04. The van der Waals surface area contributed by atoms with Crippen LogP contribution < -0.4 is 0 Å². The smallest absolute Gasteiger partial charge is 0.193 e. The third kappa shape index (κ3) is 1.53. The second kappa shape index (κ2) is 3.49. The fourth-order valence-corrected chi connectivity index (χ4v) is 1.04. The number of carbonyl (C=O) groups excluding carboxylic acids is 1. The van der Waals surface area contributed by atoms with Gasteiger partial charge < -0.3 is 9.72 Å². The largest absolute Gasteiger partial charge is 0.377 e. The Morgan fingerprint density at radius 2 is 2.42 bits per heavy atom. The lowest BCUT2D eigenvalue weighted by atomic mass is 10.2. The summed E-state index contributed by atoms with van der Waals surface area (Å²) >= 11 is 0. The molecule has 0 saturated carbocycles. The molecule has 12 heavy (non-hydrogen) atoms. The lowest BCUT2D eigenvalue weighted by Crippen LogP contribution is -2.09. The second-order valence-corrected chi connectivity index (χ2v) is 2.49. The Labute approximate surface area is 69.5 Å². The summed E-state index contributed by atoms with van der Waals surface area (Å²) in [5.74, 6) is -0.858. The van der Waals surface area contributed by atoms with Gasteiger partial charge in [0.1, 0.15) is 6.61 Å². The molecule has 1 aromatic rings. The molecule has 1 rings (SSSR count). The number of ketones is 1. The van der Waals surface area contributed by atoms with Crippen molar-refractivity contribution in [2.75, 3.05) is 13.7 Å². The molecule has 0 unspecified atom stereocenters. The molecule has 0 radical (unpaired) electrons. The minimum absolute atomic E-state index is 0.0877. The number of H-pyrrole nitrogens is 1. The van der Waals surface area contributed by atoms with E-state index in [1.807, 2.05) is 0 Å². The van der Waals surface area contributed by atoms with Gasteiger partial charge in [0.2, 0.25) is 0 Å². The van der Waals surface area contributed by atoms with Gasteiger partial charge in [-0.2, -0.15) is 0 Å². The molecule has 0 aliphatic carbocycles. The van der Waals surface area contributed by atoms with Crippen LogP contribution in [0, 0.1) is 12.7 Å². The number of ether oxygens (including phenoxy) is 1. The molecular weight excluding hydrogens is 161 g/mol. The van der Waals surface area contributed by atoms with E-state index in [9.17, 15) is 9.18 Å². The summed E-state index contributed by atoms with van der Waals surface area (Å²) in [6.07, 6.45) is 1.16. The van der Waals surface area contributed by atoms with Gasteiger partial charge in [-0.25, -0.2) is 4.39 Å². The number of methoxy groups -OCH3 is 1. The van der Waals surface area contributed by atoms with E-state index in [1.54, 1.807) is 6.92 Å². The van der Waals surface area contributed by atoms with Crippen LogP contribution in [0.2, 0.25) is 0 Å². The fraction of sp³-hybridized carbons (Fsp3) is 0.375. The van der Waals surface area contributed by atoms with Crippen LogP contribution in [-0.4, -0.2) is 24.5 Å². The van der Waals surface area contributed by atoms with E-state index in [2.05, 4.69) is 9.72 Å². The number of hydrogen-bond acceptors (Lipinski definition) is 2. The third-order valence-corrected chi connectivity index (χ3v) is 1.58. The van der Waals surface area contributed by atoms with Crippen LogP contribution in [0.15, 0.2) is 6.20 Å². The molecule has 1 aromatic heterocycles. The van der Waals surface area contributed by atoms with Gasteiger partial charge in [0.25, 0.3) is 0 Å². The lowest BCUT2D eigenvalue weighted by Gasteiger charge is -1.97. The predicted molar refractivity (Wildman–Crippen MR) is 41.7 cm³/mol. The molecule has 66 valence electrons. The van der Waals surface area contributed by atoms with Gasteiger partial charge in [-0.1, -0.05) is 0 Å². The number of Topliss-reactive ketones (excluding diaryl/α,β-unsaturated/α-hetero) is 1. The Bertz CT molecular complexity index is 274. The van der Waals surface area contributed by atoms with Gasteiger partial charge >= 0.3 is 0 Å². The van der Waals surface area contributed by atoms with Crippen molar-refractivity contribution in [1.82, 2.24) is 4.98 Å². The Morgan fingerprint density at radius 3 is 2.83 bits per heavy atom. The van der Waals surface area contributed by atoms with Gasteiger partial charge in [0.15, 0.2) is 11.6 Å². The van der Waals surface area contributed by atoms with E-state index in [1.165, 1.54) is 7.11 Å². The number of aromatic amines is 1. The van der Waals surface area contributed by atoms with E-state index >= 15 is 0 Å². The molecule has 3 nitrogen and oxygen atoms in total. The molecule has 0 aliphatic heterocycles. The summed E-state index contributed by atoms with van der Waals surface area (Å²) < 4.78 is 17.5. The minimum atomic E-state index is -0.519. The zero-order valence-electron chi connectivity index (χ0n) is 6.98. The highest BCUT2D eigenvalue weighted by Crippen LogP contribution is 2.11. The van der Waals surface area contributed by atoms with Crippen molar-refractivity contribution in [3.63, 3.8) is 0 Å². The molecule has 0 spiro atoms. The Kier molecular flexibility index (Phi) is 2.60. The van der Waals surface area contributed by atoms with Crippen molar-refractivity contribution < 1.29 is 13.9 Å². The van der Waals surface area contributed by atoms with E-state index in [0.29, 0.717) is 5.69 Å². The monoisotopic (exact) mass is 171 g/mol. The molecular formula is C8H10FNO2. The van der Waals surface area contributed by atoms with E-state index in [4.69, 9.17) is 0 Å². The summed E-state index contributed by atoms with van der Waals surface area (Å²) in [5, 5.41) is 0. The predicted octanol–water partition coefficient (Wildman–Crippen LogP) is 1.29. The van der Waals surface area contributed by atoms with Crippen LogP contribution in [0.4, 0.5) is 4.39 Å². The van der Waals surface area contributed by atoms with E-state index in [0.717, 1.165) is 6.20 Å². The van der Waals surface area contributed by atoms with Crippen LogP contribution in [0.3, 0.4) is 0 Å². The van der Waals surface area contributed by atoms with E-state index in [-0.39, 0.29) is 18.0 Å². The maximum Gasteiger partial charge on any atom is 0.193 e. The molecule has 0 bridgehead atoms. The zero-order chi connectivity index (χ0) is 9.14. The van der Waals surface area contributed by atoms with Gasteiger partial charge in [0, 0.05) is 19.0 Å². The van der Waals surface area contributed by atoms with Crippen molar-refractivity contribution in [3.05, 3.63) is 23.3 Å². The molecule has 0 saturated heterocycles. The SMILES string of the molecule is COCC(=O)c1c(F)c[nH]c1C. The molecule has 1 heterocycles. The molecule has 0 fully saturated rings. The molecule has 0 aromatic carbocycles. The summed E-state index contributed by atoms with van der Waals surface area (Å²) in [7, 11) is 1.40. The van der Waals surface area contributed by atoms with Crippen molar-refractivity contribution in [2.24, 2.45) is 0 Å². The van der Waals surface area contributed by atoms with Gasteiger partial charge in [-0.05, 0) is 6.92 Å². The number of nitrogens with one attached hydrogen (secondary N) is 1. The maximum absolute atomic E-state index is 12.9. The van der Waals surface area contributed by atoms with Crippen LogP contribution in [-0.2, 0) is 4.74 Å². The summed E-state index contributed by atoms with van der Waals surface area (Å²) in [6, 6.07) is 0. The quantitative estimate of drug-likeness (QED) is 0.696. The van der Waals surface area contributed by atoms with Crippen LogP contribution in [0.5, 0.6) is 0 Å². The zero-order valence-corrected chi connectivity index (χ0v) is 6.98. The normalized spacial score (nSPS) is 10.2.